The molecule has 1 heterocycles. The number of rotatable bonds is 3. The summed E-state index contributed by atoms with van der Waals surface area (Å²) in [5.74, 6) is -0.143. The molecule has 1 aliphatic rings. The Balaban J connectivity index is 2.54. The molecule has 0 spiro atoms. The fourth-order valence-electron chi connectivity index (χ4n) is 1.95. The maximum absolute atomic E-state index is 11.1. The van der Waals surface area contributed by atoms with Gasteiger partial charge in [-0.25, -0.2) is 0 Å². The van der Waals surface area contributed by atoms with E-state index in [1.54, 1.807) is 0 Å². The van der Waals surface area contributed by atoms with Crippen molar-refractivity contribution in [1.29, 1.82) is 0 Å². The molecule has 0 unspecified atom stereocenters. The van der Waals surface area contributed by atoms with Crippen LogP contribution in [0.5, 0.6) is 0 Å². The van der Waals surface area contributed by atoms with Crippen molar-refractivity contribution in [1.82, 2.24) is 4.90 Å². The molecular weight excluding hydrogens is 180 g/mol. The number of hydrogen-bond donors (Lipinski definition) is 1. The summed E-state index contributed by atoms with van der Waals surface area (Å²) in [6.07, 6.45) is 3.18. The van der Waals surface area contributed by atoms with E-state index in [4.69, 9.17) is 5.73 Å². The van der Waals surface area contributed by atoms with Crippen molar-refractivity contribution in [3.63, 3.8) is 0 Å². The minimum absolute atomic E-state index is 0.0201. The molecule has 0 bridgehead atoms. The molecule has 1 atom stereocenters. The van der Waals surface area contributed by atoms with Gasteiger partial charge in [-0.2, -0.15) is 0 Å². The Kier molecular flexibility index (Phi) is 3.13. The monoisotopic (exact) mass is 200 g/mol. The third kappa shape index (κ3) is 3.12. The molecule has 13 heavy (non-hydrogen) atoms. The maximum Gasteiger partial charge on any atom is 0.234 e. The number of amides is 1. The number of likely N-dealkylation sites (tertiary alicyclic amines) is 1. The van der Waals surface area contributed by atoms with Crippen molar-refractivity contribution in [2.45, 2.75) is 38.5 Å². The van der Waals surface area contributed by atoms with E-state index >= 15 is 0 Å². The van der Waals surface area contributed by atoms with Crippen LogP contribution >= 0.6 is 0 Å². The minimum atomic E-state index is -1.09. The largest absolute Gasteiger partial charge is 0.368 e. The molecule has 0 aromatic carbocycles. The fraction of sp³-hybridized carbons (Fsp3) is 0.889. The van der Waals surface area contributed by atoms with Crippen molar-refractivity contribution < 1.29 is 4.79 Å². The number of carbonyl (C=O) groups is 1. The quantitative estimate of drug-likeness (QED) is 0.685. The zero-order valence-electron chi connectivity index (χ0n) is 8.84. The Labute approximate surface area is 81.3 Å². The van der Waals surface area contributed by atoms with E-state index in [0.717, 1.165) is 25.6 Å². The van der Waals surface area contributed by atoms with Crippen LogP contribution < -0.4 is 5.73 Å². The van der Waals surface area contributed by atoms with Crippen molar-refractivity contribution in [2.75, 3.05) is 12.7 Å². The van der Waals surface area contributed by atoms with E-state index in [0.29, 0.717) is 0 Å². The predicted octanol–water partition coefficient (Wildman–Crippen LogP) is 0.813. The van der Waals surface area contributed by atoms with Gasteiger partial charge in [0.25, 0.3) is 0 Å². The Morgan fingerprint density at radius 2 is 2.15 bits per heavy atom. The SMILES string of the molecule is C[Si](C)(C)CN1CCC[C@H]1C(N)=O. The van der Waals surface area contributed by atoms with Crippen LogP contribution in [0, 0.1) is 0 Å². The topological polar surface area (TPSA) is 46.3 Å². The maximum atomic E-state index is 11.1. The van der Waals surface area contributed by atoms with Crippen LogP contribution in [0.2, 0.25) is 19.6 Å². The highest BCUT2D eigenvalue weighted by molar-refractivity contribution is 6.76. The number of nitrogens with two attached hydrogens (primary N) is 1. The van der Waals surface area contributed by atoms with E-state index in [1.807, 2.05) is 0 Å². The van der Waals surface area contributed by atoms with Crippen LogP contribution in [-0.4, -0.2) is 37.6 Å². The molecule has 1 saturated heterocycles. The Bertz CT molecular complexity index is 200. The molecule has 0 saturated carbocycles. The third-order valence-corrected chi connectivity index (χ3v) is 3.72. The first-order chi connectivity index (χ1) is 5.90. The molecule has 4 heteroatoms. The molecule has 0 aromatic heterocycles. The molecule has 0 radical (unpaired) electrons. The first-order valence-corrected chi connectivity index (χ1v) is 8.64. The van der Waals surface area contributed by atoms with Crippen LogP contribution in [-0.2, 0) is 4.79 Å². The van der Waals surface area contributed by atoms with Gasteiger partial charge in [0.2, 0.25) is 5.91 Å². The molecule has 3 nitrogen and oxygen atoms in total. The lowest BCUT2D eigenvalue weighted by molar-refractivity contribution is -0.122. The third-order valence-electron chi connectivity index (χ3n) is 2.37. The average Bonchev–Trinajstić information content (AvgIpc) is 2.31. The zero-order chi connectivity index (χ0) is 10.1. The van der Waals surface area contributed by atoms with Gasteiger partial charge in [-0.15, -0.1) is 0 Å². The van der Waals surface area contributed by atoms with Gasteiger partial charge in [-0.3, -0.25) is 9.69 Å². The molecule has 1 rings (SSSR count). The predicted molar refractivity (Wildman–Crippen MR) is 57.1 cm³/mol. The second kappa shape index (κ2) is 3.80. The summed E-state index contributed by atoms with van der Waals surface area (Å²) in [6, 6.07) is 0.0201. The van der Waals surface area contributed by atoms with Crippen LogP contribution in [0.1, 0.15) is 12.8 Å². The Hall–Kier alpha value is -0.353. The molecule has 1 amide bonds. The highest BCUT2D eigenvalue weighted by atomic mass is 28.3. The van der Waals surface area contributed by atoms with E-state index < -0.39 is 8.07 Å². The lowest BCUT2D eigenvalue weighted by Gasteiger charge is -2.28. The molecular formula is C9H20N2OSi. The van der Waals surface area contributed by atoms with E-state index in [1.165, 1.54) is 0 Å². The smallest absolute Gasteiger partial charge is 0.234 e. The fourth-order valence-corrected chi connectivity index (χ4v) is 3.54. The van der Waals surface area contributed by atoms with Crippen molar-refractivity contribution in [2.24, 2.45) is 5.73 Å². The second-order valence-electron chi connectivity index (χ2n) is 5.09. The van der Waals surface area contributed by atoms with Crippen LogP contribution in [0.15, 0.2) is 0 Å². The number of hydrogen-bond acceptors (Lipinski definition) is 2. The summed E-state index contributed by atoms with van der Waals surface area (Å²) in [6.45, 7) is 8.02. The van der Waals surface area contributed by atoms with Gasteiger partial charge in [0, 0.05) is 0 Å². The van der Waals surface area contributed by atoms with Gasteiger partial charge in [-0.1, -0.05) is 19.6 Å². The normalized spacial score (nSPS) is 25.0. The first-order valence-electron chi connectivity index (χ1n) is 4.93. The highest BCUT2D eigenvalue weighted by Gasteiger charge is 2.31. The molecule has 0 aliphatic carbocycles. The number of primary amides is 1. The Morgan fingerprint density at radius 1 is 1.54 bits per heavy atom. The van der Waals surface area contributed by atoms with Gasteiger partial charge in [0.05, 0.1) is 14.1 Å². The van der Waals surface area contributed by atoms with Crippen molar-refractivity contribution in [3.8, 4) is 0 Å². The van der Waals surface area contributed by atoms with Gasteiger partial charge in [-0.05, 0) is 25.6 Å². The van der Waals surface area contributed by atoms with Crippen LogP contribution in [0.25, 0.3) is 0 Å². The molecule has 1 fully saturated rings. The van der Waals surface area contributed by atoms with Gasteiger partial charge in [0.15, 0.2) is 0 Å². The molecule has 2 N–H and O–H groups in total. The van der Waals surface area contributed by atoms with E-state index in [-0.39, 0.29) is 11.9 Å². The van der Waals surface area contributed by atoms with Crippen molar-refractivity contribution >= 4 is 14.0 Å². The summed E-state index contributed by atoms with van der Waals surface area (Å²) >= 11 is 0. The van der Waals surface area contributed by atoms with Crippen LogP contribution in [0.4, 0.5) is 0 Å². The lowest BCUT2D eigenvalue weighted by atomic mass is 10.2. The average molecular weight is 200 g/mol. The molecule has 0 aromatic rings. The Morgan fingerprint density at radius 3 is 2.62 bits per heavy atom. The number of carbonyl (C=O) groups excluding carboxylic acids is 1. The van der Waals surface area contributed by atoms with Crippen molar-refractivity contribution in [3.05, 3.63) is 0 Å². The standard InChI is InChI=1S/C9H20N2OSi/c1-13(2,3)7-11-6-4-5-8(11)9(10)12/h8H,4-7H2,1-3H3,(H2,10,12)/t8-/m0/s1. The number of nitrogens with zero attached hydrogens (tertiary/aromatic N) is 1. The second-order valence-corrected chi connectivity index (χ2v) is 10.5. The zero-order valence-corrected chi connectivity index (χ0v) is 9.84. The van der Waals surface area contributed by atoms with E-state index in [2.05, 4.69) is 24.5 Å². The summed E-state index contributed by atoms with van der Waals surface area (Å²) in [5, 5.41) is 0. The van der Waals surface area contributed by atoms with Gasteiger partial charge >= 0.3 is 0 Å². The molecule has 1 aliphatic heterocycles. The van der Waals surface area contributed by atoms with Gasteiger partial charge in [0.1, 0.15) is 0 Å². The van der Waals surface area contributed by atoms with E-state index in [9.17, 15) is 4.79 Å². The summed E-state index contributed by atoms with van der Waals surface area (Å²) in [5.41, 5.74) is 5.34. The van der Waals surface area contributed by atoms with Crippen LogP contribution in [0.3, 0.4) is 0 Å². The highest BCUT2D eigenvalue weighted by Crippen LogP contribution is 2.19. The first kappa shape index (κ1) is 10.7. The lowest BCUT2D eigenvalue weighted by Crippen LogP contribution is -2.47. The summed E-state index contributed by atoms with van der Waals surface area (Å²) in [4.78, 5) is 13.4. The summed E-state index contributed by atoms with van der Waals surface area (Å²) < 4.78 is 0. The molecule has 76 valence electrons. The minimum Gasteiger partial charge on any atom is -0.368 e. The van der Waals surface area contributed by atoms with Gasteiger partial charge < -0.3 is 5.73 Å². The summed E-state index contributed by atoms with van der Waals surface area (Å²) in [7, 11) is -1.09.